The fourth-order valence-corrected chi connectivity index (χ4v) is 2.08. The quantitative estimate of drug-likeness (QED) is 0.447. The standard InChI is InChI=1S/C10H19IN2/c1-9(2)5-4-6-13-8-7-12(3)10(13)11/h7-10H,4-6H2,1-3H3. The minimum Gasteiger partial charge on any atom is -0.351 e. The highest BCUT2D eigenvalue weighted by Crippen LogP contribution is 2.20. The van der Waals surface area contributed by atoms with Gasteiger partial charge in [0.15, 0.2) is 4.17 Å². The molecule has 0 saturated carbocycles. The summed E-state index contributed by atoms with van der Waals surface area (Å²) in [5.41, 5.74) is 0. The number of rotatable bonds is 4. The molecule has 0 aromatic rings. The van der Waals surface area contributed by atoms with Gasteiger partial charge in [0.1, 0.15) is 0 Å². The van der Waals surface area contributed by atoms with Crippen molar-refractivity contribution >= 4 is 22.6 Å². The maximum Gasteiger partial charge on any atom is 0.154 e. The van der Waals surface area contributed by atoms with Crippen molar-refractivity contribution in [2.75, 3.05) is 13.6 Å². The third-order valence-corrected chi connectivity index (χ3v) is 3.90. The molecule has 0 N–H and O–H groups in total. The van der Waals surface area contributed by atoms with Gasteiger partial charge in [-0.05, 0) is 41.4 Å². The number of halogens is 1. The first kappa shape index (κ1) is 11.1. The second-order valence-electron chi connectivity index (χ2n) is 4.05. The van der Waals surface area contributed by atoms with Gasteiger partial charge in [0.05, 0.1) is 0 Å². The second kappa shape index (κ2) is 5.08. The molecule has 0 radical (unpaired) electrons. The van der Waals surface area contributed by atoms with Crippen molar-refractivity contribution in [3.05, 3.63) is 12.4 Å². The van der Waals surface area contributed by atoms with Gasteiger partial charge in [0.25, 0.3) is 0 Å². The summed E-state index contributed by atoms with van der Waals surface area (Å²) < 4.78 is 0.518. The average Bonchev–Trinajstić information content (AvgIpc) is 2.35. The lowest BCUT2D eigenvalue weighted by molar-refractivity contribution is 0.269. The predicted molar refractivity (Wildman–Crippen MR) is 65.5 cm³/mol. The monoisotopic (exact) mass is 294 g/mol. The Morgan fingerprint density at radius 3 is 2.54 bits per heavy atom. The molecule has 0 aliphatic carbocycles. The van der Waals surface area contributed by atoms with Crippen molar-refractivity contribution in [3.8, 4) is 0 Å². The Bertz CT molecular complexity index is 180. The third kappa shape index (κ3) is 3.37. The molecule has 0 aromatic heterocycles. The van der Waals surface area contributed by atoms with E-state index in [9.17, 15) is 0 Å². The molecule has 0 aromatic carbocycles. The predicted octanol–water partition coefficient (Wildman–Crippen LogP) is 2.86. The molecule has 0 amide bonds. The van der Waals surface area contributed by atoms with E-state index < -0.39 is 0 Å². The van der Waals surface area contributed by atoms with E-state index in [1.54, 1.807) is 0 Å². The minimum absolute atomic E-state index is 0.518. The number of hydrogen-bond donors (Lipinski definition) is 0. The van der Waals surface area contributed by atoms with Crippen LogP contribution < -0.4 is 0 Å². The highest BCUT2D eigenvalue weighted by molar-refractivity contribution is 14.1. The van der Waals surface area contributed by atoms with Crippen molar-refractivity contribution in [3.63, 3.8) is 0 Å². The highest BCUT2D eigenvalue weighted by Gasteiger charge is 2.18. The first-order valence-corrected chi connectivity index (χ1v) is 6.16. The first-order chi connectivity index (χ1) is 6.11. The Morgan fingerprint density at radius 1 is 1.38 bits per heavy atom. The summed E-state index contributed by atoms with van der Waals surface area (Å²) in [5.74, 6) is 0.831. The van der Waals surface area contributed by atoms with E-state index in [2.05, 4.69) is 65.7 Å². The molecule has 1 heterocycles. The number of hydrogen-bond acceptors (Lipinski definition) is 2. The Morgan fingerprint density at radius 2 is 2.08 bits per heavy atom. The molecule has 0 fully saturated rings. The molecule has 0 spiro atoms. The molecule has 76 valence electrons. The zero-order valence-electron chi connectivity index (χ0n) is 8.70. The van der Waals surface area contributed by atoms with Gasteiger partial charge in [-0.15, -0.1) is 0 Å². The van der Waals surface area contributed by atoms with Crippen molar-refractivity contribution < 1.29 is 0 Å². The van der Waals surface area contributed by atoms with Crippen molar-refractivity contribution in [2.24, 2.45) is 5.92 Å². The molecule has 3 heteroatoms. The van der Waals surface area contributed by atoms with Gasteiger partial charge in [-0.1, -0.05) is 13.8 Å². The van der Waals surface area contributed by atoms with Crippen LogP contribution in [0.1, 0.15) is 26.7 Å². The molecule has 1 atom stereocenters. The summed E-state index contributed by atoms with van der Waals surface area (Å²) in [4.78, 5) is 4.62. The molecule has 0 saturated heterocycles. The molecular weight excluding hydrogens is 275 g/mol. The Labute approximate surface area is 95.1 Å². The van der Waals surface area contributed by atoms with E-state index in [0.717, 1.165) is 5.92 Å². The molecule has 1 aliphatic heterocycles. The van der Waals surface area contributed by atoms with Gasteiger partial charge in [-0.2, -0.15) is 0 Å². The molecule has 13 heavy (non-hydrogen) atoms. The first-order valence-electron chi connectivity index (χ1n) is 4.91. The summed E-state index contributed by atoms with van der Waals surface area (Å²) in [6.07, 6.45) is 6.97. The van der Waals surface area contributed by atoms with Crippen LogP contribution in [0, 0.1) is 5.92 Å². The Balaban J connectivity index is 2.19. The average molecular weight is 294 g/mol. The smallest absolute Gasteiger partial charge is 0.154 e. The molecule has 2 nitrogen and oxygen atoms in total. The Kier molecular flexibility index (Phi) is 4.35. The van der Waals surface area contributed by atoms with Crippen LogP contribution in [0.25, 0.3) is 0 Å². The summed E-state index contributed by atoms with van der Waals surface area (Å²) in [6.45, 7) is 5.76. The van der Waals surface area contributed by atoms with Crippen LogP contribution in [-0.4, -0.2) is 27.6 Å². The van der Waals surface area contributed by atoms with E-state index in [4.69, 9.17) is 0 Å². The third-order valence-electron chi connectivity index (χ3n) is 2.30. The number of alkyl halides is 1. The van der Waals surface area contributed by atoms with Crippen LogP contribution in [0.5, 0.6) is 0 Å². The molecule has 1 aliphatic rings. The van der Waals surface area contributed by atoms with Crippen LogP contribution in [0.4, 0.5) is 0 Å². The highest BCUT2D eigenvalue weighted by atomic mass is 127. The molecular formula is C10H19IN2. The van der Waals surface area contributed by atoms with Gasteiger partial charge >= 0.3 is 0 Å². The van der Waals surface area contributed by atoms with E-state index in [1.807, 2.05) is 0 Å². The summed E-state index contributed by atoms with van der Waals surface area (Å²) in [6, 6.07) is 0. The van der Waals surface area contributed by atoms with Gasteiger partial charge in [-0.3, -0.25) is 0 Å². The second-order valence-corrected chi connectivity index (χ2v) is 5.16. The summed E-state index contributed by atoms with van der Waals surface area (Å²) in [5, 5.41) is 0. The molecule has 1 unspecified atom stereocenters. The van der Waals surface area contributed by atoms with Crippen LogP contribution in [0.3, 0.4) is 0 Å². The lowest BCUT2D eigenvalue weighted by Crippen LogP contribution is -2.31. The van der Waals surface area contributed by atoms with Crippen LogP contribution in [0.2, 0.25) is 0 Å². The van der Waals surface area contributed by atoms with E-state index in [-0.39, 0.29) is 0 Å². The van der Waals surface area contributed by atoms with Crippen LogP contribution >= 0.6 is 22.6 Å². The maximum atomic E-state index is 2.47. The maximum absolute atomic E-state index is 2.47. The largest absolute Gasteiger partial charge is 0.351 e. The van der Waals surface area contributed by atoms with Gasteiger partial charge in [0.2, 0.25) is 0 Å². The molecule has 0 bridgehead atoms. The topological polar surface area (TPSA) is 6.48 Å². The van der Waals surface area contributed by atoms with Crippen molar-refractivity contribution in [1.82, 2.24) is 9.80 Å². The Hall–Kier alpha value is 0.0700. The zero-order valence-corrected chi connectivity index (χ0v) is 10.9. The van der Waals surface area contributed by atoms with Crippen molar-refractivity contribution in [2.45, 2.75) is 30.9 Å². The van der Waals surface area contributed by atoms with E-state index in [1.165, 1.54) is 19.4 Å². The SMILES string of the molecule is CC(C)CCCN1C=CN(C)C1I. The number of nitrogens with zero attached hydrogens (tertiary/aromatic N) is 2. The van der Waals surface area contributed by atoms with Crippen LogP contribution in [0.15, 0.2) is 12.4 Å². The summed E-state index contributed by atoms with van der Waals surface area (Å²) >= 11 is 2.47. The lowest BCUT2D eigenvalue weighted by Gasteiger charge is -2.25. The fraction of sp³-hybridized carbons (Fsp3) is 0.800. The van der Waals surface area contributed by atoms with Crippen LogP contribution in [-0.2, 0) is 0 Å². The van der Waals surface area contributed by atoms with Gasteiger partial charge < -0.3 is 9.80 Å². The fourth-order valence-electron chi connectivity index (χ4n) is 1.43. The normalized spacial score (nSPS) is 22.1. The van der Waals surface area contributed by atoms with E-state index >= 15 is 0 Å². The van der Waals surface area contributed by atoms with E-state index in [0.29, 0.717) is 4.17 Å². The summed E-state index contributed by atoms with van der Waals surface area (Å²) in [7, 11) is 2.12. The molecule has 1 rings (SSSR count). The van der Waals surface area contributed by atoms with Crippen molar-refractivity contribution in [1.29, 1.82) is 0 Å². The zero-order chi connectivity index (χ0) is 9.84. The lowest BCUT2D eigenvalue weighted by atomic mass is 10.1. The van der Waals surface area contributed by atoms with Gasteiger partial charge in [0, 0.05) is 26.0 Å². The van der Waals surface area contributed by atoms with Gasteiger partial charge in [-0.25, -0.2) is 0 Å². The minimum atomic E-state index is 0.518.